The molecule has 2 aromatic heterocycles. The highest BCUT2D eigenvalue weighted by atomic mass is 16.4. The number of aliphatic hydroxyl groups is 1. The van der Waals surface area contributed by atoms with Crippen molar-refractivity contribution in [1.29, 1.82) is 0 Å². The fourth-order valence-corrected chi connectivity index (χ4v) is 5.70. The van der Waals surface area contributed by atoms with Gasteiger partial charge in [0.2, 0.25) is 0 Å². The molecule has 0 spiro atoms. The van der Waals surface area contributed by atoms with Gasteiger partial charge in [0, 0.05) is 31.3 Å². The first-order chi connectivity index (χ1) is 23.5. The number of carboxylic acids is 3. The van der Waals surface area contributed by atoms with Crippen LogP contribution in [-0.4, -0.2) is 95.9 Å². The van der Waals surface area contributed by atoms with Crippen molar-refractivity contribution in [2.45, 2.75) is 75.5 Å². The molecule has 7 N–H and O–H groups in total. The molecule has 3 heterocycles. The predicted octanol–water partition coefficient (Wildman–Crippen LogP) is 1.89. The molecule has 49 heavy (non-hydrogen) atoms. The molecule has 4 atom stereocenters. The Labute approximate surface area is 281 Å². The van der Waals surface area contributed by atoms with Crippen LogP contribution in [0.3, 0.4) is 0 Å². The van der Waals surface area contributed by atoms with E-state index in [1.807, 2.05) is 36.4 Å². The largest absolute Gasteiger partial charge is 0.481 e. The second-order valence-corrected chi connectivity index (χ2v) is 11.8. The maximum Gasteiger partial charge on any atom is 0.326 e. The first-order valence-electron chi connectivity index (χ1n) is 15.9. The minimum absolute atomic E-state index is 0.0270. The third-order valence-corrected chi connectivity index (χ3v) is 8.32. The molecule has 260 valence electrons. The number of pyridine rings is 2. The number of unbranched alkanes of at least 4 members (excludes halogenated alkanes) is 1. The van der Waals surface area contributed by atoms with E-state index in [-0.39, 0.29) is 44.6 Å². The van der Waals surface area contributed by atoms with E-state index in [2.05, 4.69) is 36.1 Å². The third kappa shape index (κ3) is 9.99. The van der Waals surface area contributed by atoms with Crippen molar-refractivity contribution < 1.29 is 44.4 Å². The van der Waals surface area contributed by atoms with Crippen LogP contribution in [0.2, 0.25) is 0 Å². The Balaban J connectivity index is 1.33. The molecule has 2 aromatic rings. The summed E-state index contributed by atoms with van der Waals surface area (Å²) in [6, 6.07) is 7.08. The number of fused-ring (bicyclic) bond motifs is 1. The standard InChI is InChI=1S/C33H39N7O9/c41-26(42)13-12-25(30(45)46)38-32(48)37-24(29(43)44)11-3-6-19-36-31(47)33(49)15-7-8-20-21(14-16-33)28(23-10-2-5-18-35-23)40-39-27(20)22-9-1-4-17-34-22/h1-2,4-5,8-10,17-18,21,24-25,49H,3,6-7,11-16,19H2,(H,36,47)(H,41,42)(H,43,44)(H,45,46)(H2,37,38,48)/b20-8+/t21?,24?,25?,33-/m1/s1. The normalized spacial score (nSPS) is 21.1. The number of carbonyl (C=O) groups excluding carboxylic acids is 2. The lowest BCUT2D eigenvalue weighted by Gasteiger charge is -2.33. The Hall–Kier alpha value is -5.51. The van der Waals surface area contributed by atoms with Crippen LogP contribution in [0.5, 0.6) is 0 Å². The number of aliphatic carboxylic acids is 3. The zero-order valence-corrected chi connectivity index (χ0v) is 26.6. The van der Waals surface area contributed by atoms with Crippen molar-refractivity contribution in [2.75, 3.05) is 6.54 Å². The van der Waals surface area contributed by atoms with Gasteiger partial charge in [-0.15, -0.1) is 5.10 Å². The van der Waals surface area contributed by atoms with Crippen molar-refractivity contribution >= 4 is 41.3 Å². The summed E-state index contributed by atoms with van der Waals surface area (Å²) in [6.07, 6.45) is 6.05. The van der Waals surface area contributed by atoms with E-state index >= 15 is 0 Å². The topological polar surface area (TPSA) is 253 Å². The molecule has 16 heteroatoms. The molecule has 3 amide bonds. The molecule has 4 rings (SSSR count). The summed E-state index contributed by atoms with van der Waals surface area (Å²) in [5.41, 5.74) is 1.80. The Morgan fingerprint density at radius 3 is 2.10 bits per heavy atom. The van der Waals surface area contributed by atoms with Crippen molar-refractivity contribution in [3.63, 3.8) is 0 Å². The Morgan fingerprint density at radius 2 is 1.49 bits per heavy atom. The number of amides is 3. The Morgan fingerprint density at radius 1 is 0.837 bits per heavy atom. The number of nitrogens with one attached hydrogen (secondary N) is 3. The smallest absolute Gasteiger partial charge is 0.326 e. The van der Waals surface area contributed by atoms with Crippen LogP contribution < -0.4 is 16.0 Å². The molecular weight excluding hydrogens is 638 g/mol. The summed E-state index contributed by atoms with van der Waals surface area (Å²) in [5.74, 6) is -4.89. The maximum absolute atomic E-state index is 13.3. The van der Waals surface area contributed by atoms with Crippen molar-refractivity contribution in [3.8, 4) is 0 Å². The number of hydrogen-bond donors (Lipinski definition) is 7. The van der Waals surface area contributed by atoms with Crippen molar-refractivity contribution in [3.05, 3.63) is 71.8 Å². The lowest BCUT2D eigenvalue weighted by Crippen LogP contribution is -2.51. The lowest BCUT2D eigenvalue weighted by atomic mass is 9.76. The van der Waals surface area contributed by atoms with Crippen molar-refractivity contribution in [1.82, 2.24) is 25.9 Å². The second-order valence-electron chi connectivity index (χ2n) is 11.8. The fourth-order valence-electron chi connectivity index (χ4n) is 5.70. The van der Waals surface area contributed by atoms with Gasteiger partial charge in [0.25, 0.3) is 5.91 Å². The summed E-state index contributed by atoms with van der Waals surface area (Å²) in [6.45, 7) is 0.137. The predicted molar refractivity (Wildman–Crippen MR) is 175 cm³/mol. The van der Waals surface area contributed by atoms with Gasteiger partial charge < -0.3 is 36.4 Å². The highest BCUT2D eigenvalue weighted by Gasteiger charge is 2.40. The highest BCUT2D eigenvalue weighted by Crippen LogP contribution is 2.35. The zero-order valence-electron chi connectivity index (χ0n) is 26.6. The molecule has 1 aliphatic carbocycles. The number of allylic oxidation sites excluding steroid dienone is 2. The van der Waals surface area contributed by atoms with Gasteiger partial charge in [0.05, 0.1) is 17.1 Å². The average Bonchev–Trinajstić information content (AvgIpc) is 3.07. The van der Waals surface area contributed by atoms with Crippen LogP contribution in [-0.2, 0) is 19.2 Å². The zero-order chi connectivity index (χ0) is 35.4. The molecule has 2 aliphatic rings. The van der Waals surface area contributed by atoms with E-state index in [9.17, 15) is 39.3 Å². The number of rotatable bonds is 15. The van der Waals surface area contributed by atoms with Gasteiger partial charge in [-0.05, 0) is 81.2 Å². The number of aromatic nitrogens is 2. The molecule has 0 saturated heterocycles. The Kier molecular flexibility index (Phi) is 12.6. The van der Waals surface area contributed by atoms with Gasteiger partial charge in [-0.3, -0.25) is 19.6 Å². The molecule has 0 bridgehead atoms. The Bertz CT molecular complexity index is 1610. The van der Waals surface area contributed by atoms with E-state index in [0.29, 0.717) is 42.1 Å². The van der Waals surface area contributed by atoms with E-state index in [1.54, 1.807) is 18.5 Å². The molecule has 0 saturated carbocycles. The van der Waals surface area contributed by atoms with Gasteiger partial charge in [-0.25, -0.2) is 14.4 Å². The highest BCUT2D eigenvalue weighted by molar-refractivity contribution is 6.19. The van der Waals surface area contributed by atoms with Gasteiger partial charge >= 0.3 is 23.9 Å². The van der Waals surface area contributed by atoms with Crippen LogP contribution in [0.4, 0.5) is 4.79 Å². The van der Waals surface area contributed by atoms with Crippen molar-refractivity contribution in [2.24, 2.45) is 16.1 Å². The first kappa shape index (κ1) is 36.3. The van der Waals surface area contributed by atoms with E-state index in [4.69, 9.17) is 5.11 Å². The van der Waals surface area contributed by atoms with E-state index in [1.165, 1.54) is 0 Å². The molecule has 0 radical (unpaired) electrons. The van der Waals surface area contributed by atoms with Crippen LogP contribution in [0.25, 0.3) is 0 Å². The van der Waals surface area contributed by atoms with Gasteiger partial charge in [-0.2, -0.15) is 5.10 Å². The summed E-state index contributed by atoms with van der Waals surface area (Å²) >= 11 is 0. The molecule has 3 unspecified atom stereocenters. The molecule has 0 fully saturated rings. The number of carbonyl (C=O) groups is 5. The second kappa shape index (κ2) is 17.1. The minimum atomic E-state index is -1.68. The van der Waals surface area contributed by atoms with E-state index < -0.39 is 54.0 Å². The van der Waals surface area contributed by atoms with Gasteiger partial charge in [-0.1, -0.05) is 18.2 Å². The van der Waals surface area contributed by atoms with Crippen LogP contribution in [0.15, 0.2) is 70.6 Å². The number of urea groups is 1. The monoisotopic (exact) mass is 677 g/mol. The first-order valence-corrected chi connectivity index (χ1v) is 15.9. The van der Waals surface area contributed by atoms with Gasteiger partial charge in [0.1, 0.15) is 23.4 Å². The van der Waals surface area contributed by atoms with Gasteiger partial charge in [0.15, 0.2) is 0 Å². The minimum Gasteiger partial charge on any atom is -0.481 e. The number of carboxylic acid groups (broad SMARTS) is 3. The maximum atomic E-state index is 13.3. The van der Waals surface area contributed by atoms with Crippen LogP contribution in [0.1, 0.15) is 69.2 Å². The summed E-state index contributed by atoms with van der Waals surface area (Å²) in [5, 5.41) is 55.1. The summed E-state index contributed by atoms with van der Waals surface area (Å²) in [4.78, 5) is 68.2. The summed E-state index contributed by atoms with van der Waals surface area (Å²) in [7, 11) is 0. The third-order valence-electron chi connectivity index (χ3n) is 8.32. The van der Waals surface area contributed by atoms with Crippen LogP contribution >= 0.6 is 0 Å². The lowest BCUT2D eigenvalue weighted by molar-refractivity contribution is -0.142. The quantitative estimate of drug-likeness (QED) is 0.134. The molecular formula is C33H39N7O9. The molecule has 16 nitrogen and oxygen atoms in total. The summed E-state index contributed by atoms with van der Waals surface area (Å²) < 4.78 is 0. The SMILES string of the molecule is O=C(O)CCC(NC(=O)NC(CCCCNC(=O)[C@@]1(O)CC/C=C2/C(c3ccccn3)=NN=C(c3ccccn3)C2CC1)C(=O)O)C(=O)O. The molecule has 0 aromatic carbocycles. The number of nitrogens with zero attached hydrogens (tertiary/aromatic N) is 4. The molecule has 1 aliphatic heterocycles. The van der Waals surface area contributed by atoms with E-state index in [0.717, 1.165) is 5.57 Å². The number of hydrogen-bond acceptors (Lipinski definition) is 10. The van der Waals surface area contributed by atoms with Crippen LogP contribution in [0, 0.1) is 5.92 Å². The fraction of sp³-hybridized carbons (Fsp3) is 0.424. The average molecular weight is 678 g/mol.